The van der Waals surface area contributed by atoms with Crippen molar-refractivity contribution in [1.29, 1.82) is 0 Å². The first-order chi connectivity index (χ1) is 9.19. The van der Waals surface area contributed by atoms with Crippen LogP contribution in [0.1, 0.15) is 26.2 Å². The average molecular weight is 252 g/mol. The molecule has 4 rings (SSSR count). The molecule has 0 saturated heterocycles. The zero-order chi connectivity index (χ0) is 13.0. The standard InChI is InChI=1S/C15H16N4/c1-15(7-4-8-15)19-13-10-5-2-3-6-11(10)17-9-12(13)18-14(19)16/h2-3,5-6,9H,4,7-8H2,1H3,(H2,16,18). The van der Waals surface area contributed by atoms with Gasteiger partial charge in [-0.15, -0.1) is 0 Å². The van der Waals surface area contributed by atoms with Gasteiger partial charge in [0.1, 0.15) is 5.52 Å². The Morgan fingerprint density at radius 1 is 1.21 bits per heavy atom. The fourth-order valence-corrected chi connectivity index (χ4v) is 3.18. The van der Waals surface area contributed by atoms with Crippen molar-refractivity contribution in [3.05, 3.63) is 30.5 Å². The molecule has 0 unspecified atom stereocenters. The van der Waals surface area contributed by atoms with Crippen LogP contribution in [0, 0.1) is 0 Å². The number of nitrogens with zero attached hydrogens (tertiary/aromatic N) is 3. The Morgan fingerprint density at radius 2 is 2.00 bits per heavy atom. The molecular formula is C15H16N4. The van der Waals surface area contributed by atoms with Crippen LogP contribution < -0.4 is 5.73 Å². The van der Waals surface area contributed by atoms with Gasteiger partial charge in [0.2, 0.25) is 5.95 Å². The molecule has 1 aliphatic carbocycles. The van der Waals surface area contributed by atoms with Crippen LogP contribution in [-0.4, -0.2) is 14.5 Å². The molecule has 0 amide bonds. The third kappa shape index (κ3) is 1.34. The normalized spacial score (nSPS) is 17.7. The molecule has 2 heterocycles. The van der Waals surface area contributed by atoms with Crippen molar-refractivity contribution in [1.82, 2.24) is 14.5 Å². The van der Waals surface area contributed by atoms with Crippen molar-refractivity contribution in [3.8, 4) is 0 Å². The monoisotopic (exact) mass is 252 g/mol. The van der Waals surface area contributed by atoms with E-state index in [9.17, 15) is 0 Å². The van der Waals surface area contributed by atoms with E-state index in [1.807, 2.05) is 24.4 Å². The van der Waals surface area contributed by atoms with Gasteiger partial charge in [-0.25, -0.2) is 4.98 Å². The second kappa shape index (κ2) is 3.47. The first-order valence-corrected chi connectivity index (χ1v) is 6.71. The average Bonchev–Trinajstić information content (AvgIpc) is 2.73. The van der Waals surface area contributed by atoms with Crippen LogP contribution in [0.3, 0.4) is 0 Å². The summed E-state index contributed by atoms with van der Waals surface area (Å²) in [7, 11) is 0. The number of anilines is 1. The Hall–Kier alpha value is -2.10. The zero-order valence-corrected chi connectivity index (χ0v) is 10.9. The van der Waals surface area contributed by atoms with Gasteiger partial charge >= 0.3 is 0 Å². The van der Waals surface area contributed by atoms with Crippen LogP contribution >= 0.6 is 0 Å². The van der Waals surface area contributed by atoms with Gasteiger partial charge in [0, 0.05) is 10.9 Å². The molecular weight excluding hydrogens is 236 g/mol. The van der Waals surface area contributed by atoms with Crippen LogP contribution in [0.5, 0.6) is 0 Å². The highest BCUT2D eigenvalue weighted by molar-refractivity contribution is 6.03. The smallest absolute Gasteiger partial charge is 0.201 e. The molecule has 1 fully saturated rings. The first-order valence-electron chi connectivity index (χ1n) is 6.71. The predicted octanol–water partition coefficient (Wildman–Crippen LogP) is 3.07. The molecule has 0 bridgehead atoms. The van der Waals surface area contributed by atoms with Gasteiger partial charge in [0.25, 0.3) is 0 Å². The SMILES string of the molecule is CC1(n2c(N)nc3cnc4ccccc4c32)CCC1. The molecule has 2 N–H and O–H groups in total. The quantitative estimate of drug-likeness (QED) is 0.724. The Balaban J connectivity index is 2.17. The Bertz CT molecular complexity index is 783. The molecule has 0 atom stereocenters. The molecule has 2 aromatic heterocycles. The molecule has 0 aliphatic heterocycles. The number of para-hydroxylation sites is 1. The lowest BCUT2D eigenvalue weighted by atomic mass is 9.78. The minimum absolute atomic E-state index is 0.114. The van der Waals surface area contributed by atoms with E-state index in [1.165, 1.54) is 19.3 Å². The molecule has 1 aliphatic rings. The van der Waals surface area contributed by atoms with E-state index in [-0.39, 0.29) is 5.54 Å². The highest BCUT2D eigenvalue weighted by Gasteiger charge is 2.36. The lowest BCUT2D eigenvalue weighted by Gasteiger charge is -2.40. The third-order valence-corrected chi connectivity index (χ3v) is 4.39. The minimum Gasteiger partial charge on any atom is -0.369 e. The van der Waals surface area contributed by atoms with E-state index < -0.39 is 0 Å². The number of fused-ring (bicyclic) bond motifs is 3. The van der Waals surface area contributed by atoms with Gasteiger partial charge in [-0.2, -0.15) is 0 Å². The maximum atomic E-state index is 6.16. The first kappa shape index (κ1) is 10.8. The van der Waals surface area contributed by atoms with Crippen molar-refractivity contribution in [2.75, 3.05) is 5.73 Å². The van der Waals surface area contributed by atoms with Crippen molar-refractivity contribution in [2.24, 2.45) is 0 Å². The van der Waals surface area contributed by atoms with Crippen molar-refractivity contribution < 1.29 is 0 Å². The molecule has 0 spiro atoms. The Kier molecular flexibility index (Phi) is 1.97. The summed E-state index contributed by atoms with van der Waals surface area (Å²) >= 11 is 0. The maximum Gasteiger partial charge on any atom is 0.201 e. The number of pyridine rings is 1. The van der Waals surface area contributed by atoms with Gasteiger partial charge in [0.05, 0.1) is 17.2 Å². The molecule has 1 saturated carbocycles. The lowest BCUT2D eigenvalue weighted by Crippen LogP contribution is -2.37. The second-order valence-corrected chi connectivity index (χ2v) is 5.67. The Morgan fingerprint density at radius 3 is 2.74 bits per heavy atom. The summed E-state index contributed by atoms with van der Waals surface area (Å²) in [4.78, 5) is 8.95. The largest absolute Gasteiger partial charge is 0.369 e. The molecule has 3 aromatic rings. The van der Waals surface area contributed by atoms with Gasteiger partial charge in [-0.3, -0.25) is 4.98 Å². The van der Waals surface area contributed by atoms with E-state index in [2.05, 4.69) is 27.5 Å². The summed E-state index contributed by atoms with van der Waals surface area (Å²) in [6, 6.07) is 8.19. The zero-order valence-electron chi connectivity index (χ0n) is 10.9. The highest BCUT2D eigenvalue weighted by Crippen LogP contribution is 2.43. The van der Waals surface area contributed by atoms with Crippen molar-refractivity contribution >= 4 is 27.9 Å². The van der Waals surface area contributed by atoms with Crippen LogP contribution in [-0.2, 0) is 5.54 Å². The van der Waals surface area contributed by atoms with Crippen LogP contribution in [0.15, 0.2) is 30.5 Å². The van der Waals surface area contributed by atoms with E-state index in [0.717, 1.165) is 21.9 Å². The maximum absolute atomic E-state index is 6.16. The summed E-state index contributed by atoms with van der Waals surface area (Å²) in [6.07, 6.45) is 5.42. The number of imidazole rings is 1. The molecule has 4 heteroatoms. The molecule has 96 valence electrons. The fourth-order valence-electron chi connectivity index (χ4n) is 3.18. The van der Waals surface area contributed by atoms with Gasteiger partial charge in [-0.05, 0) is 32.3 Å². The van der Waals surface area contributed by atoms with Gasteiger partial charge < -0.3 is 10.3 Å². The van der Waals surface area contributed by atoms with Crippen molar-refractivity contribution in [2.45, 2.75) is 31.7 Å². The van der Waals surface area contributed by atoms with Crippen LogP contribution in [0.4, 0.5) is 5.95 Å². The number of aromatic nitrogens is 3. The van der Waals surface area contributed by atoms with Gasteiger partial charge in [0.15, 0.2) is 0 Å². The van der Waals surface area contributed by atoms with E-state index in [4.69, 9.17) is 5.73 Å². The van der Waals surface area contributed by atoms with Crippen LogP contribution in [0.2, 0.25) is 0 Å². The summed E-state index contributed by atoms with van der Waals surface area (Å²) in [5, 5.41) is 1.14. The summed E-state index contributed by atoms with van der Waals surface area (Å²) in [5.74, 6) is 0.607. The topological polar surface area (TPSA) is 56.7 Å². The molecule has 4 nitrogen and oxygen atoms in total. The highest BCUT2D eigenvalue weighted by atomic mass is 15.2. The second-order valence-electron chi connectivity index (χ2n) is 5.67. The van der Waals surface area contributed by atoms with Crippen LogP contribution in [0.25, 0.3) is 21.9 Å². The number of hydrogen-bond acceptors (Lipinski definition) is 3. The van der Waals surface area contributed by atoms with Gasteiger partial charge in [-0.1, -0.05) is 18.2 Å². The summed E-state index contributed by atoms with van der Waals surface area (Å²) < 4.78 is 2.22. The fraction of sp³-hybridized carbons (Fsp3) is 0.333. The number of rotatable bonds is 1. The molecule has 1 aromatic carbocycles. The number of nitrogens with two attached hydrogens (primary N) is 1. The minimum atomic E-state index is 0.114. The number of nitrogen functional groups attached to an aromatic ring is 1. The van der Waals surface area contributed by atoms with Crippen molar-refractivity contribution in [3.63, 3.8) is 0 Å². The summed E-state index contributed by atoms with van der Waals surface area (Å²) in [6.45, 7) is 2.27. The molecule has 0 radical (unpaired) electrons. The number of hydrogen-bond donors (Lipinski definition) is 1. The van der Waals surface area contributed by atoms with E-state index >= 15 is 0 Å². The Labute approximate surface area is 111 Å². The lowest BCUT2D eigenvalue weighted by molar-refractivity contribution is 0.178. The summed E-state index contributed by atoms with van der Waals surface area (Å²) in [5.41, 5.74) is 9.30. The van der Waals surface area contributed by atoms with E-state index in [1.54, 1.807) is 0 Å². The predicted molar refractivity (Wildman–Crippen MR) is 76.9 cm³/mol. The number of benzene rings is 1. The molecule has 19 heavy (non-hydrogen) atoms. The third-order valence-electron chi connectivity index (χ3n) is 4.39. The van der Waals surface area contributed by atoms with E-state index in [0.29, 0.717) is 5.95 Å².